The Morgan fingerprint density at radius 3 is 2.18 bits per heavy atom. The number of amides is 1. The Labute approximate surface area is 231 Å². The largest absolute Gasteiger partial charge is 0.464 e. The Kier molecular flexibility index (Phi) is 9.86. The van der Waals surface area contributed by atoms with E-state index in [0.717, 1.165) is 10.4 Å². The van der Waals surface area contributed by atoms with Crippen LogP contribution in [0.3, 0.4) is 0 Å². The number of hydrogen-bond donors (Lipinski definition) is 1. The van der Waals surface area contributed by atoms with Crippen molar-refractivity contribution in [1.29, 1.82) is 0 Å². The summed E-state index contributed by atoms with van der Waals surface area (Å²) in [7, 11) is -0.290. The number of benzene rings is 2. The van der Waals surface area contributed by atoms with Crippen molar-refractivity contribution in [1.82, 2.24) is 10.3 Å². The first-order valence-electron chi connectivity index (χ1n) is 12.5. The van der Waals surface area contributed by atoms with Crippen molar-refractivity contribution in [2.24, 2.45) is 0 Å². The van der Waals surface area contributed by atoms with Crippen LogP contribution in [0, 0.1) is 0 Å². The average Bonchev–Trinajstić information content (AvgIpc) is 3.31. The molecule has 0 fully saturated rings. The molecule has 0 spiro atoms. The van der Waals surface area contributed by atoms with Crippen molar-refractivity contribution in [2.75, 3.05) is 13.7 Å². The van der Waals surface area contributed by atoms with Crippen LogP contribution in [0.4, 0.5) is 4.79 Å². The van der Waals surface area contributed by atoms with Gasteiger partial charge >= 0.3 is 12.1 Å². The van der Waals surface area contributed by atoms with Crippen molar-refractivity contribution in [2.45, 2.75) is 65.0 Å². The quantitative estimate of drug-likeness (QED) is 0.311. The van der Waals surface area contributed by atoms with Gasteiger partial charge in [0.1, 0.15) is 5.60 Å². The first-order valence-corrected chi connectivity index (χ1v) is 14.8. The van der Waals surface area contributed by atoms with Crippen LogP contribution in [0.5, 0.6) is 0 Å². The second-order valence-corrected chi connectivity index (χ2v) is 14.0. The number of aromatic nitrogens is 1. The molecule has 1 N–H and O–H groups in total. The highest BCUT2D eigenvalue weighted by molar-refractivity contribution is 7.09. The van der Waals surface area contributed by atoms with Crippen LogP contribution in [-0.2, 0) is 25.7 Å². The summed E-state index contributed by atoms with van der Waals surface area (Å²) < 4.78 is 16.9. The van der Waals surface area contributed by atoms with E-state index in [-0.39, 0.29) is 17.7 Å². The minimum absolute atomic E-state index is 0.0538. The topological polar surface area (TPSA) is 86.8 Å². The molecule has 3 aromatic rings. The maximum Gasteiger partial charge on any atom is 0.407 e. The van der Waals surface area contributed by atoms with Gasteiger partial charge in [-0.05, 0) is 42.1 Å². The Morgan fingerprint density at radius 2 is 1.61 bits per heavy atom. The van der Waals surface area contributed by atoms with Crippen molar-refractivity contribution in [3.05, 3.63) is 76.2 Å². The third kappa shape index (κ3) is 8.78. The molecule has 0 saturated carbocycles. The summed E-state index contributed by atoms with van der Waals surface area (Å²) in [6.07, 6.45) is -0.146. The average molecular weight is 554 g/mol. The lowest BCUT2D eigenvalue weighted by atomic mass is 9.87. The number of ether oxygens (including phenoxy) is 2. The first-order chi connectivity index (χ1) is 17.9. The molecule has 0 aliphatic carbocycles. The fourth-order valence-corrected chi connectivity index (χ4v) is 6.51. The lowest BCUT2D eigenvalue weighted by Crippen LogP contribution is -2.49. The molecule has 0 bridgehead atoms. The molecule has 1 radical (unpaired) electrons. The van der Waals surface area contributed by atoms with Crippen molar-refractivity contribution >= 4 is 42.8 Å². The summed E-state index contributed by atoms with van der Waals surface area (Å²) in [6, 6.07) is 18.3. The molecule has 7 nitrogen and oxygen atoms in total. The fourth-order valence-electron chi connectivity index (χ4n) is 3.67. The van der Waals surface area contributed by atoms with Gasteiger partial charge in [-0.15, -0.1) is 11.3 Å². The summed E-state index contributed by atoms with van der Waals surface area (Å²) in [4.78, 5) is 28.9. The van der Waals surface area contributed by atoms with Gasteiger partial charge < -0.3 is 19.2 Å². The molecule has 9 heteroatoms. The number of thiazole rings is 1. The minimum Gasteiger partial charge on any atom is -0.464 e. The highest BCUT2D eigenvalue weighted by Crippen LogP contribution is 2.21. The van der Waals surface area contributed by atoms with Gasteiger partial charge in [-0.3, -0.25) is 0 Å². The lowest BCUT2D eigenvalue weighted by molar-refractivity contribution is 0.0486. The van der Waals surface area contributed by atoms with Crippen LogP contribution in [0.1, 0.15) is 62.6 Å². The summed E-state index contributed by atoms with van der Waals surface area (Å²) >= 11 is 1.34. The van der Waals surface area contributed by atoms with Gasteiger partial charge in [0.15, 0.2) is 5.69 Å². The van der Waals surface area contributed by atoms with E-state index in [1.807, 2.05) is 39.0 Å². The smallest absolute Gasteiger partial charge is 0.407 e. The van der Waals surface area contributed by atoms with Crippen LogP contribution in [0.25, 0.3) is 0 Å². The van der Waals surface area contributed by atoms with E-state index in [2.05, 4.69) is 67.5 Å². The van der Waals surface area contributed by atoms with E-state index in [1.165, 1.54) is 24.0 Å². The summed E-state index contributed by atoms with van der Waals surface area (Å²) in [5.41, 5.74) is 0.920. The third-order valence-corrected chi connectivity index (χ3v) is 8.61. The van der Waals surface area contributed by atoms with E-state index >= 15 is 0 Å². The van der Waals surface area contributed by atoms with Gasteiger partial charge in [0.05, 0.1) is 24.8 Å². The molecule has 3 rings (SSSR count). The molecule has 1 atom stereocenters. The predicted molar refractivity (Wildman–Crippen MR) is 153 cm³/mol. The van der Waals surface area contributed by atoms with Crippen molar-refractivity contribution < 1.29 is 23.5 Å². The number of carbonyl (C=O) groups is 2. The molecule has 0 aliphatic heterocycles. The Balaban J connectivity index is 1.84. The molecule has 38 heavy (non-hydrogen) atoms. The third-order valence-electron chi connectivity index (χ3n) is 5.57. The van der Waals surface area contributed by atoms with E-state index in [4.69, 9.17) is 13.9 Å². The maximum atomic E-state index is 12.7. The standard InChI is InChI=1S/C29H37N2O5SSi/c1-28(2,3)20-13-15-23(16-14-20)38(22-11-9-8-10-12-22)35-18-21(30-27(33)36-29(4,5)6)17-25-31-24(19-37-25)26(32)34-7/h8-16,19,21H,17-18H2,1-7H3,(H,30,33). The lowest BCUT2D eigenvalue weighted by Gasteiger charge is -2.25. The number of methoxy groups -OCH3 is 1. The second kappa shape index (κ2) is 12.7. The number of rotatable bonds is 9. The second-order valence-electron chi connectivity index (χ2n) is 11.0. The highest BCUT2D eigenvalue weighted by atomic mass is 32.1. The van der Waals surface area contributed by atoms with Gasteiger partial charge in [-0.25, -0.2) is 14.6 Å². The molecule has 1 heterocycles. The Hall–Kier alpha value is -3.01. The van der Waals surface area contributed by atoms with Crippen molar-refractivity contribution in [3.63, 3.8) is 0 Å². The Morgan fingerprint density at radius 1 is 0.974 bits per heavy atom. The van der Waals surface area contributed by atoms with Gasteiger partial charge in [-0.2, -0.15) is 0 Å². The zero-order chi connectivity index (χ0) is 27.9. The summed E-state index contributed by atoms with van der Waals surface area (Å²) in [5, 5.41) is 7.52. The molecule has 1 amide bonds. The number of carbonyl (C=O) groups excluding carboxylic acids is 2. The zero-order valence-corrected chi connectivity index (χ0v) is 25.0. The van der Waals surface area contributed by atoms with Crippen LogP contribution >= 0.6 is 11.3 Å². The summed E-state index contributed by atoms with van der Waals surface area (Å²) in [5.74, 6) is -0.492. The van der Waals surface area contributed by atoms with Gasteiger partial charge in [0.2, 0.25) is 0 Å². The molecular formula is C29H37N2O5SSi. The van der Waals surface area contributed by atoms with Crippen LogP contribution in [-0.4, -0.2) is 51.4 Å². The maximum absolute atomic E-state index is 12.7. The molecule has 1 unspecified atom stereocenters. The van der Waals surface area contributed by atoms with Gasteiger partial charge in [0.25, 0.3) is 9.04 Å². The normalized spacial score (nSPS) is 12.7. The van der Waals surface area contributed by atoms with Crippen LogP contribution in [0.2, 0.25) is 0 Å². The SMILES string of the molecule is COC(=O)c1csc(CC(CO[Si](c2ccccc2)c2ccc(C(C)(C)C)cc2)NC(=O)OC(C)(C)C)n1. The molecule has 203 valence electrons. The number of esters is 1. The molecule has 2 aromatic carbocycles. The van der Waals surface area contributed by atoms with E-state index < -0.39 is 32.7 Å². The van der Waals surface area contributed by atoms with Crippen LogP contribution in [0.15, 0.2) is 60.0 Å². The fraction of sp³-hybridized carbons (Fsp3) is 0.414. The van der Waals surface area contributed by atoms with Gasteiger partial charge in [-0.1, -0.05) is 75.4 Å². The predicted octanol–water partition coefficient (Wildman–Crippen LogP) is 4.49. The monoisotopic (exact) mass is 553 g/mol. The Bertz CT molecular complexity index is 1200. The molecule has 0 aliphatic rings. The van der Waals surface area contributed by atoms with Crippen molar-refractivity contribution in [3.8, 4) is 0 Å². The minimum atomic E-state index is -1.61. The zero-order valence-electron chi connectivity index (χ0n) is 23.2. The number of nitrogens with one attached hydrogen (secondary N) is 1. The van der Waals surface area contributed by atoms with Gasteiger partial charge in [0, 0.05) is 11.8 Å². The number of nitrogens with zero attached hydrogens (tertiary/aromatic N) is 1. The highest BCUT2D eigenvalue weighted by Gasteiger charge is 2.26. The van der Waals surface area contributed by atoms with E-state index in [0.29, 0.717) is 11.4 Å². The van der Waals surface area contributed by atoms with E-state index in [1.54, 1.807) is 5.38 Å². The molecular weight excluding hydrogens is 516 g/mol. The molecule has 1 aromatic heterocycles. The van der Waals surface area contributed by atoms with Crippen LogP contribution < -0.4 is 15.7 Å². The summed E-state index contributed by atoms with van der Waals surface area (Å²) in [6.45, 7) is 12.3. The van der Waals surface area contributed by atoms with E-state index in [9.17, 15) is 9.59 Å². The first kappa shape index (κ1) is 29.5. The number of alkyl carbamates (subject to hydrolysis) is 1. The molecule has 0 saturated heterocycles. The number of hydrogen-bond acceptors (Lipinski definition) is 7.